The molecule has 11 heteroatoms. The Balaban J connectivity index is 1.77. The number of aryl methyl sites for hydroxylation is 2. The zero-order valence-corrected chi connectivity index (χ0v) is 21.1. The van der Waals surface area contributed by atoms with Gasteiger partial charge in [0.15, 0.2) is 11.6 Å². The van der Waals surface area contributed by atoms with Crippen LogP contribution < -0.4 is 14.8 Å². The van der Waals surface area contributed by atoms with Gasteiger partial charge in [-0.2, -0.15) is 5.26 Å². The van der Waals surface area contributed by atoms with E-state index >= 15 is 4.39 Å². The normalized spacial score (nSPS) is 10.9. The van der Waals surface area contributed by atoms with E-state index in [1.165, 1.54) is 42.5 Å². The van der Waals surface area contributed by atoms with Crippen LogP contribution in [0, 0.1) is 31.0 Å². The van der Waals surface area contributed by atoms with Crippen LogP contribution in [0.5, 0.6) is 11.5 Å². The lowest BCUT2D eigenvalue weighted by Gasteiger charge is -2.14. The number of ether oxygens (including phenoxy) is 1. The van der Waals surface area contributed by atoms with Gasteiger partial charge in [-0.15, -0.1) is 0 Å². The van der Waals surface area contributed by atoms with E-state index in [2.05, 4.69) is 5.32 Å². The maximum Gasteiger partial charge on any atom is 0.264 e. The highest BCUT2D eigenvalue weighted by Crippen LogP contribution is 2.32. The molecule has 0 aliphatic carbocycles. The lowest BCUT2D eigenvalue weighted by molar-refractivity contribution is -0.115. The molecule has 0 saturated carbocycles. The van der Waals surface area contributed by atoms with Gasteiger partial charge in [0.1, 0.15) is 5.75 Å². The number of hydrogen-bond acceptors (Lipinski definition) is 6. The van der Waals surface area contributed by atoms with Crippen molar-refractivity contribution >= 4 is 39.1 Å². The second-order valence-corrected chi connectivity index (χ2v) is 10.2. The summed E-state index contributed by atoms with van der Waals surface area (Å²) in [6.45, 7) is 3.27. The highest BCUT2D eigenvalue weighted by atomic mass is 35.5. The van der Waals surface area contributed by atoms with Crippen molar-refractivity contribution in [3.05, 3.63) is 87.2 Å². The molecule has 0 bridgehead atoms. The summed E-state index contributed by atoms with van der Waals surface area (Å²) in [5, 5.41) is 12.0. The number of amides is 2. The minimum atomic E-state index is -3.72. The molecule has 0 spiro atoms. The number of anilines is 1. The highest BCUT2D eigenvalue weighted by Gasteiger charge is 2.18. The number of sulfonamides is 1. The summed E-state index contributed by atoms with van der Waals surface area (Å²) in [5.74, 6) is -1.96. The first-order valence-electron chi connectivity index (χ1n) is 10.5. The number of carbonyl (C=O) groups excluding carboxylic acids is 2. The van der Waals surface area contributed by atoms with Gasteiger partial charge < -0.3 is 10.1 Å². The molecule has 3 rings (SSSR count). The van der Waals surface area contributed by atoms with Crippen molar-refractivity contribution in [2.75, 3.05) is 11.6 Å². The minimum absolute atomic E-state index is 0.0810. The molecule has 0 fully saturated rings. The Morgan fingerprint density at radius 2 is 1.81 bits per heavy atom. The molecule has 0 atom stereocenters. The Hall–Kier alpha value is -3.94. The summed E-state index contributed by atoms with van der Waals surface area (Å²) in [7, 11) is -3.72. The summed E-state index contributed by atoms with van der Waals surface area (Å²) in [6.07, 6.45) is 0.558. The number of nitrogens with one attached hydrogen (secondary N) is 2. The van der Waals surface area contributed by atoms with Gasteiger partial charge in [0.05, 0.1) is 24.3 Å². The van der Waals surface area contributed by atoms with Gasteiger partial charge in [0.2, 0.25) is 15.9 Å². The molecule has 186 valence electrons. The van der Waals surface area contributed by atoms with Crippen molar-refractivity contribution in [3.63, 3.8) is 0 Å². The zero-order valence-electron chi connectivity index (χ0n) is 19.5. The summed E-state index contributed by atoms with van der Waals surface area (Å²) >= 11 is 5.99. The van der Waals surface area contributed by atoms with Crippen molar-refractivity contribution in [3.8, 4) is 17.6 Å². The van der Waals surface area contributed by atoms with E-state index in [1.807, 2.05) is 10.8 Å². The van der Waals surface area contributed by atoms with Crippen molar-refractivity contribution in [1.82, 2.24) is 4.72 Å². The van der Waals surface area contributed by atoms with Gasteiger partial charge >= 0.3 is 0 Å². The van der Waals surface area contributed by atoms with Gasteiger partial charge in [-0.3, -0.25) is 9.59 Å². The van der Waals surface area contributed by atoms with Crippen molar-refractivity contribution in [2.45, 2.75) is 20.3 Å². The largest absolute Gasteiger partial charge is 0.454 e. The lowest BCUT2D eigenvalue weighted by Crippen LogP contribution is -2.29. The van der Waals surface area contributed by atoms with Crippen molar-refractivity contribution < 1.29 is 27.1 Å². The molecule has 0 radical (unpaired) electrons. The topological polar surface area (TPSA) is 125 Å². The second kappa shape index (κ2) is 10.8. The molecule has 0 saturated heterocycles. The molecule has 2 N–H and O–H groups in total. The van der Waals surface area contributed by atoms with Gasteiger partial charge in [-0.25, -0.2) is 17.5 Å². The minimum Gasteiger partial charge on any atom is -0.454 e. The first kappa shape index (κ1) is 26.7. The van der Waals surface area contributed by atoms with E-state index in [1.54, 1.807) is 19.9 Å². The molecule has 0 unspecified atom stereocenters. The van der Waals surface area contributed by atoms with E-state index in [-0.39, 0.29) is 39.6 Å². The van der Waals surface area contributed by atoms with Crippen LogP contribution >= 0.6 is 11.6 Å². The molecule has 3 aromatic carbocycles. The Morgan fingerprint density at radius 1 is 1.08 bits per heavy atom. The number of carbonyl (C=O) groups is 2. The van der Waals surface area contributed by atoms with Crippen LogP contribution in [0.4, 0.5) is 10.1 Å². The average molecular weight is 530 g/mol. The average Bonchev–Trinajstić information content (AvgIpc) is 2.78. The van der Waals surface area contributed by atoms with E-state index in [9.17, 15) is 18.0 Å². The fourth-order valence-corrected chi connectivity index (χ4v) is 3.98. The number of benzene rings is 3. The summed E-state index contributed by atoms with van der Waals surface area (Å²) < 4.78 is 45.3. The second-order valence-electron chi connectivity index (χ2n) is 8.03. The fourth-order valence-electron chi connectivity index (χ4n) is 3.30. The summed E-state index contributed by atoms with van der Waals surface area (Å²) in [4.78, 5) is 24.7. The van der Waals surface area contributed by atoms with Crippen LogP contribution in [-0.4, -0.2) is 26.5 Å². The third-order valence-corrected chi connectivity index (χ3v) is 5.76. The molecule has 0 aliphatic heterocycles. The molecule has 0 heterocycles. The monoisotopic (exact) mass is 529 g/mol. The number of hydrogen-bond donors (Lipinski definition) is 2. The van der Waals surface area contributed by atoms with Gasteiger partial charge in [0, 0.05) is 21.8 Å². The van der Waals surface area contributed by atoms with Crippen molar-refractivity contribution in [1.29, 1.82) is 5.26 Å². The van der Waals surface area contributed by atoms with Crippen molar-refractivity contribution in [2.24, 2.45) is 0 Å². The van der Waals surface area contributed by atoms with E-state index < -0.39 is 27.7 Å². The predicted octanol–water partition coefficient (Wildman–Crippen LogP) is 4.63. The lowest BCUT2D eigenvalue weighted by atomic mass is 10.1. The van der Waals surface area contributed by atoms with Crippen LogP contribution in [0.25, 0.3) is 0 Å². The standard InChI is InChI=1S/C25H21ClFN3O5S/c1-14-4-5-17(23(27)24(14)35-20-10-16(13-28)9-19(26)12-20)11-22(31)29-21-7-6-18(8-15(21)2)25(32)30-36(3,33)34/h4-10,12H,11H2,1-3H3,(H,29,31)(H,30,32). The maximum absolute atomic E-state index is 15.3. The third kappa shape index (κ3) is 6.81. The number of nitriles is 1. The number of rotatable bonds is 7. The van der Waals surface area contributed by atoms with Crippen LogP contribution in [-0.2, 0) is 21.2 Å². The molecule has 0 aromatic heterocycles. The Labute approximate surface area is 212 Å². The Morgan fingerprint density at radius 3 is 2.44 bits per heavy atom. The summed E-state index contributed by atoms with van der Waals surface area (Å²) in [5.41, 5.74) is 1.80. The molecule has 36 heavy (non-hydrogen) atoms. The van der Waals surface area contributed by atoms with Crippen LogP contribution in [0.15, 0.2) is 48.5 Å². The molecular formula is C25H21ClFN3O5S. The predicted molar refractivity (Wildman–Crippen MR) is 133 cm³/mol. The third-order valence-electron chi connectivity index (χ3n) is 4.99. The molecule has 3 aromatic rings. The van der Waals surface area contributed by atoms with E-state index in [4.69, 9.17) is 21.6 Å². The quantitative estimate of drug-likeness (QED) is 0.459. The Bertz CT molecular complexity index is 1520. The van der Waals surface area contributed by atoms with Gasteiger partial charge in [-0.05, 0) is 61.4 Å². The first-order chi connectivity index (χ1) is 16.9. The maximum atomic E-state index is 15.3. The fraction of sp³-hybridized carbons (Fsp3) is 0.160. The molecule has 2 amide bonds. The molecular weight excluding hydrogens is 509 g/mol. The molecule has 8 nitrogen and oxygen atoms in total. The molecule has 0 aliphatic rings. The van der Waals surface area contributed by atoms with Crippen LogP contribution in [0.3, 0.4) is 0 Å². The van der Waals surface area contributed by atoms with Gasteiger partial charge in [-0.1, -0.05) is 23.7 Å². The smallest absolute Gasteiger partial charge is 0.264 e. The SMILES string of the molecule is Cc1cc(C(=O)NS(C)(=O)=O)ccc1NC(=O)Cc1ccc(C)c(Oc2cc(Cl)cc(C#N)c2)c1F. The van der Waals surface area contributed by atoms with Crippen LogP contribution in [0.1, 0.15) is 32.6 Å². The number of halogens is 2. The first-order valence-corrected chi connectivity index (χ1v) is 12.7. The summed E-state index contributed by atoms with van der Waals surface area (Å²) in [6, 6.07) is 13.6. The zero-order chi connectivity index (χ0) is 26.6. The highest BCUT2D eigenvalue weighted by molar-refractivity contribution is 7.89. The van der Waals surface area contributed by atoms with E-state index in [0.29, 0.717) is 16.8 Å². The van der Waals surface area contributed by atoms with Crippen LogP contribution in [0.2, 0.25) is 5.02 Å². The number of nitrogens with zero attached hydrogens (tertiary/aromatic N) is 1. The van der Waals surface area contributed by atoms with Gasteiger partial charge in [0.25, 0.3) is 5.91 Å². The van der Waals surface area contributed by atoms with E-state index in [0.717, 1.165) is 6.26 Å². The Kier molecular flexibility index (Phi) is 7.97.